The van der Waals surface area contributed by atoms with Gasteiger partial charge in [0, 0.05) is 31.5 Å². The molecule has 0 unspecified atom stereocenters. The quantitative estimate of drug-likeness (QED) is 0.917. The molecule has 0 amide bonds. The van der Waals surface area contributed by atoms with Gasteiger partial charge < -0.3 is 9.67 Å². The summed E-state index contributed by atoms with van der Waals surface area (Å²) in [5.74, 6) is 0.334. The van der Waals surface area contributed by atoms with Gasteiger partial charge in [-0.25, -0.2) is 4.99 Å². The van der Waals surface area contributed by atoms with Gasteiger partial charge in [-0.3, -0.25) is 4.90 Å². The Morgan fingerprint density at radius 2 is 1.76 bits per heavy atom. The molecule has 0 aliphatic rings. The standard InChI is InChI=1S/C17H23N3O/c1-4-20(5-2)13-14-12-16(6-7-17(14)21)18-15-8-10-19(3)11-9-15/h6-12,21H,4-5,13H2,1-3H3. The lowest BCUT2D eigenvalue weighted by Crippen LogP contribution is -2.22. The van der Waals surface area contributed by atoms with E-state index in [0.717, 1.165) is 36.2 Å². The lowest BCUT2D eigenvalue weighted by atomic mass is 10.1. The number of pyridine rings is 1. The minimum Gasteiger partial charge on any atom is -0.508 e. The molecule has 21 heavy (non-hydrogen) atoms. The summed E-state index contributed by atoms with van der Waals surface area (Å²) < 4.78 is 1.97. The second kappa shape index (κ2) is 7.09. The Labute approximate surface area is 126 Å². The number of rotatable bonds is 5. The maximum absolute atomic E-state index is 10.0. The Kier molecular flexibility index (Phi) is 5.17. The van der Waals surface area contributed by atoms with Crippen LogP contribution in [0.3, 0.4) is 0 Å². The van der Waals surface area contributed by atoms with Crippen LogP contribution in [0.2, 0.25) is 0 Å². The van der Waals surface area contributed by atoms with Crippen LogP contribution in [0, 0.1) is 0 Å². The zero-order chi connectivity index (χ0) is 15.2. The number of phenols is 1. The molecule has 0 radical (unpaired) electrons. The summed E-state index contributed by atoms with van der Waals surface area (Å²) in [6.07, 6.45) is 3.94. The number of benzene rings is 1. The molecule has 0 saturated carbocycles. The summed E-state index contributed by atoms with van der Waals surface area (Å²) in [6.45, 7) is 6.92. The maximum Gasteiger partial charge on any atom is 0.120 e. The van der Waals surface area contributed by atoms with Gasteiger partial charge in [0.25, 0.3) is 0 Å². The molecule has 1 N–H and O–H groups in total. The second-order valence-electron chi connectivity index (χ2n) is 5.11. The van der Waals surface area contributed by atoms with Crippen molar-refractivity contribution in [2.24, 2.45) is 12.0 Å². The molecular weight excluding hydrogens is 262 g/mol. The van der Waals surface area contributed by atoms with E-state index in [1.807, 2.05) is 48.3 Å². The highest BCUT2D eigenvalue weighted by Crippen LogP contribution is 2.24. The van der Waals surface area contributed by atoms with E-state index >= 15 is 0 Å². The SMILES string of the molecule is CCN(CC)Cc1cc(N=c2ccn(C)cc2)ccc1O. The molecular formula is C17H23N3O. The molecule has 0 bridgehead atoms. The molecule has 0 fully saturated rings. The fourth-order valence-electron chi connectivity index (χ4n) is 2.17. The number of hydrogen-bond acceptors (Lipinski definition) is 3. The van der Waals surface area contributed by atoms with Crippen molar-refractivity contribution in [1.82, 2.24) is 9.47 Å². The lowest BCUT2D eigenvalue weighted by Gasteiger charge is -2.18. The van der Waals surface area contributed by atoms with Gasteiger partial charge in [0.1, 0.15) is 5.75 Å². The monoisotopic (exact) mass is 285 g/mol. The first-order valence-corrected chi connectivity index (χ1v) is 7.33. The van der Waals surface area contributed by atoms with E-state index in [4.69, 9.17) is 0 Å². The molecule has 2 rings (SSSR count). The number of nitrogens with zero attached hydrogens (tertiary/aromatic N) is 3. The average molecular weight is 285 g/mol. The van der Waals surface area contributed by atoms with Crippen LogP contribution >= 0.6 is 0 Å². The minimum atomic E-state index is 0.334. The van der Waals surface area contributed by atoms with Crippen LogP contribution in [-0.4, -0.2) is 27.7 Å². The molecule has 0 spiro atoms. The molecule has 1 heterocycles. The highest BCUT2D eigenvalue weighted by atomic mass is 16.3. The molecule has 112 valence electrons. The number of aromatic nitrogens is 1. The van der Waals surface area contributed by atoms with Crippen molar-refractivity contribution < 1.29 is 5.11 Å². The van der Waals surface area contributed by atoms with E-state index in [2.05, 4.69) is 23.7 Å². The van der Waals surface area contributed by atoms with E-state index in [0.29, 0.717) is 5.75 Å². The number of aromatic hydroxyl groups is 1. The topological polar surface area (TPSA) is 40.8 Å². The highest BCUT2D eigenvalue weighted by molar-refractivity contribution is 5.46. The summed E-state index contributed by atoms with van der Waals surface area (Å²) in [5.41, 5.74) is 1.78. The molecule has 0 atom stereocenters. The van der Waals surface area contributed by atoms with Crippen molar-refractivity contribution in [3.63, 3.8) is 0 Å². The summed E-state index contributed by atoms with van der Waals surface area (Å²) >= 11 is 0. The maximum atomic E-state index is 10.0. The molecule has 4 heteroatoms. The van der Waals surface area contributed by atoms with E-state index in [-0.39, 0.29) is 0 Å². The Balaban J connectivity index is 2.30. The number of hydrogen-bond donors (Lipinski definition) is 1. The minimum absolute atomic E-state index is 0.334. The Morgan fingerprint density at radius 3 is 2.38 bits per heavy atom. The summed E-state index contributed by atoms with van der Waals surface area (Å²) in [7, 11) is 1.98. The van der Waals surface area contributed by atoms with Gasteiger partial charge in [0.2, 0.25) is 0 Å². The van der Waals surface area contributed by atoms with Gasteiger partial charge >= 0.3 is 0 Å². The summed E-state index contributed by atoms with van der Waals surface area (Å²) in [6, 6.07) is 9.46. The number of aryl methyl sites for hydroxylation is 1. The van der Waals surface area contributed by atoms with Gasteiger partial charge in [-0.15, -0.1) is 0 Å². The average Bonchev–Trinajstić information content (AvgIpc) is 2.50. The van der Waals surface area contributed by atoms with Gasteiger partial charge in [-0.2, -0.15) is 0 Å². The van der Waals surface area contributed by atoms with Crippen LogP contribution in [-0.2, 0) is 13.6 Å². The molecule has 1 aromatic carbocycles. The Morgan fingerprint density at radius 1 is 1.10 bits per heavy atom. The van der Waals surface area contributed by atoms with Crippen LogP contribution < -0.4 is 5.36 Å². The van der Waals surface area contributed by atoms with E-state index in [1.54, 1.807) is 6.07 Å². The van der Waals surface area contributed by atoms with Crippen LogP contribution in [0.4, 0.5) is 5.69 Å². The van der Waals surface area contributed by atoms with Crippen molar-refractivity contribution in [3.05, 3.63) is 53.6 Å². The second-order valence-corrected chi connectivity index (χ2v) is 5.11. The van der Waals surface area contributed by atoms with Gasteiger partial charge in [-0.1, -0.05) is 13.8 Å². The van der Waals surface area contributed by atoms with Gasteiger partial charge in [0.05, 0.1) is 11.0 Å². The molecule has 0 aliphatic heterocycles. The first-order chi connectivity index (χ1) is 10.1. The molecule has 4 nitrogen and oxygen atoms in total. The van der Waals surface area contributed by atoms with E-state index < -0.39 is 0 Å². The highest BCUT2D eigenvalue weighted by Gasteiger charge is 2.06. The zero-order valence-electron chi connectivity index (χ0n) is 13.0. The van der Waals surface area contributed by atoms with Crippen molar-refractivity contribution in [3.8, 4) is 5.75 Å². The predicted octanol–water partition coefficient (Wildman–Crippen LogP) is 2.80. The van der Waals surface area contributed by atoms with E-state index in [1.165, 1.54) is 0 Å². The Hall–Kier alpha value is -2.07. The third kappa shape index (κ3) is 4.20. The van der Waals surface area contributed by atoms with Crippen molar-refractivity contribution in [2.45, 2.75) is 20.4 Å². The first-order valence-electron chi connectivity index (χ1n) is 7.33. The first kappa shape index (κ1) is 15.3. The molecule has 1 aromatic heterocycles. The third-order valence-corrected chi connectivity index (χ3v) is 3.57. The fourth-order valence-corrected chi connectivity index (χ4v) is 2.17. The van der Waals surface area contributed by atoms with Gasteiger partial charge in [-0.05, 0) is 43.4 Å². The fraction of sp³-hybridized carbons (Fsp3) is 0.353. The summed E-state index contributed by atoms with van der Waals surface area (Å²) in [4.78, 5) is 6.87. The Bertz CT molecular complexity index is 637. The summed E-state index contributed by atoms with van der Waals surface area (Å²) in [5, 5.41) is 10.9. The molecule has 2 aromatic rings. The smallest absolute Gasteiger partial charge is 0.120 e. The van der Waals surface area contributed by atoms with Crippen LogP contribution in [0.15, 0.2) is 47.7 Å². The predicted molar refractivity (Wildman–Crippen MR) is 85.4 cm³/mol. The number of phenolic OH excluding ortho intramolecular Hbond substituents is 1. The molecule has 0 aliphatic carbocycles. The van der Waals surface area contributed by atoms with Crippen molar-refractivity contribution in [1.29, 1.82) is 0 Å². The lowest BCUT2D eigenvalue weighted by molar-refractivity contribution is 0.291. The van der Waals surface area contributed by atoms with Crippen molar-refractivity contribution >= 4 is 5.69 Å². The van der Waals surface area contributed by atoms with E-state index in [9.17, 15) is 5.11 Å². The molecule has 0 saturated heterocycles. The van der Waals surface area contributed by atoms with Gasteiger partial charge in [0.15, 0.2) is 0 Å². The van der Waals surface area contributed by atoms with Crippen molar-refractivity contribution in [2.75, 3.05) is 13.1 Å². The van der Waals surface area contributed by atoms with Crippen LogP contribution in [0.1, 0.15) is 19.4 Å². The normalized spacial score (nSPS) is 10.9. The van der Waals surface area contributed by atoms with Crippen LogP contribution in [0.25, 0.3) is 0 Å². The third-order valence-electron chi connectivity index (χ3n) is 3.57. The largest absolute Gasteiger partial charge is 0.508 e. The van der Waals surface area contributed by atoms with Crippen LogP contribution in [0.5, 0.6) is 5.75 Å². The zero-order valence-corrected chi connectivity index (χ0v) is 13.0.